The van der Waals surface area contributed by atoms with Crippen LogP contribution in [0.25, 0.3) is 16.6 Å². The van der Waals surface area contributed by atoms with Crippen LogP contribution in [0.15, 0.2) is 48.8 Å². The third kappa shape index (κ3) is 4.47. The number of nitrogens with zero attached hydrogens (tertiary/aromatic N) is 5. The SMILES string of the molecule is CCOC(=O)c1ncn2c1COc1c(CCN3CCN(c4cc(F)cc5nc(C)ccc45)CC3)cccc1-2. The molecule has 2 aromatic carbocycles. The van der Waals surface area contributed by atoms with Crippen molar-refractivity contribution < 1.29 is 18.7 Å². The number of halogens is 1. The highest BCUT2D eigenvalue weighted by molar-refractivity contribution is 5.92. The van der Waals surface area contributed by atoms with Crippen LogP contribution in [-0.2, 0) is 17.8 Å². The van der Waals surface area contributed by atoms with E-state index in [-0.39, 0.29) is 12.4 Å². The number of esters is 1. The van der Waals surface area contributed by atoms with Gasteiger partial charge in [-0.15, -0.1) is 0 Å². The molecule has 4 heterocycles. The van der Waals surface area contributed by atoms with Crippen LogP contribution in [0.4, 0.5) is 10.1 Å². The van der Waals surface area contributed by atoms with Gasteiger partial charge in [0, 0.05) is 55.6 Å². The van der Waals surface area contributed by atoms with Crippen LogP contribution >= 0.6 is 0 Å². The largest absolute Gasteiger partial charge is 0.485 e. The first-order valence-corrected chi connectivity index (χ1v) is 13.0. The lowest BCUT2D eigenvalue weighted by molar-refractivity contribution is 0.0516. The number of piperazine rings is 1. The second-order valence-electron chi connectivity index (χ2n) is 9.71. The number of imidazole rings is 1. The van der Waals surface area contributed by atoms with E-state index in [4.69, 9.17) is 9.47 Å². The Hall–Kier alpha value is -3.98. The fourth-order valence-corrected chi connectivity index (χ4v) is 5.39. The van der Waals surface area contributed by atoms with E-state index in [2.05, 4.69) is 25.8 Å². The summed E-state index contributed by atoms with van der Waals surface area (Å²) in [5.41, 5.74) is 5.52. The van der Waals surface area contributed by atoms with Crippen molar-refractivity contribution in [1.29, 1.82) is 0 Å². The number of anilines is 1. The molecule has 8 nitrogen and oxygen atoms in total. The summed E-state index contributed by atoms with van der Waals surface area (Å²) in [6.07, 6.45) is 2.50. The van der Waals surface area contributed by atoms with Gasteiger partial charge in [-0.3, -0.25) is 14.5 Å². The van der Waals surface area contributed by atoms with E-state index in [1.807, 2.05) is 35.8 Å². The smallest absolute Gasteiger partial charge is 0.358 e. The average Bonchev–Trinajstić information content (AvgIpc) is 3.36. The molecule has 9 heteroatoms. The highest BCUT2D eigenvalue weighted by Crippen LogP contribution is 2.35. The molecule has 0 unspecified atom stereocenters. The molecule has 38 heavy (non-hydrogen) atoms. The average molecular weight is 516 g/mol. The highest BCUT2D eigenvalue weighted by atomic mass is 19.1. The summed E-state index contributed by atoms with van der Waals surface area (Å²) in [5.74, 6) is 0.152. The Labute approximate surface area is 220 Å². The van der Waals surface area contributed by atoms with E-state index in [1.165, 1.54) is 6.07 Å². The number of benzene rings is 2. The molecule has 4 aromatic rings. The third-order valence-electron chi connectivity index (χ3n) is 7.32. The quantitative estimate of drug-likeness (QED) is 0.355. The van der Waals surface area contributed by atoms with E-state index in [0.717, 1.165) is 72.9 Å². The zero-order valence-corrected chi connectivity index (χ0v) is 21.6. The summed E-state index contributed by atoms with van der Waals surface area (Å²) in [6, 6.07) is 13.2. The monoisotopic (exact) mass is 515 g/mol. The number of aryl methyl sites for hydroxylation is 1. The predicted molar refractivity (Wildman–Crippen MR) is 143 cm³/mol. The van der Waals surface area contributed by atoms with Gasteiger partial charge < -0.3 is 14.4 Å². The summed E-state index contributed by atoms with van der Waals surface area (Å²) in [4.78, 5) is 25.8. The van der Waals surface area contributed by atoms with Crippen LogP contribution in [0.2, 0.25) is 0 Å². The van der Waals surface area contributed by atoms with Crippen LogP contribution in [0.1, 0.15) is 34.4 Å². The molecule has 6 rings (SSSR count). The van der Waals surface area contributed by atoms with Gasteiger partial charge in [0.15, 0.2) is 5.69 Å². The van der Waals surface area contributed by atoms with Crippen molar-refractivity contribution in [3.8, 4) is 11.4 Å². The summed E-state index contributed by atoms with van der Waals surface area (Å²) in [5, 5.41) is 0.989. The molecule has 0 bridgehead atoms. The molecule has 1 fully saturated rings. The maximum Gasteiger partial charge on any atom is 0.358 e. The van der Waals surface area contributed by atoms with Gasteiger partial charge in [-0.2, -0.15) is 0 Å². The van der Waals surface area contributed by atoms with E-state index < -0.39 is 5.97 Å². The number of hydrogen-bond acceptors (Lipinski definition) is 7. The molecular formula is C29H30FN5O3. The Morgan fingerprint density at radius 3 is 2.76 bits per heavy atom. The van der Waals surface area contributed by atoms with E-state index in [0.29, 0.717) is 23.5 Å². The maximum atomic E-state index is 14.4. The Morgan fingerprint density at radius 2 is 1.95 bits per heavy atom. The van der Waals surface area contributed by atoms with Crippen molar-refractivity contribution >= 4 is 22.6 Å². The number of pyridine rings is 1. The lowest BCUT2D eigenvalue weighted by Crippen LogP contribution is -2.47. The van der Waals surface area contributed by atoms with Crippen molar-refractivity contribution in [3.63, 3.8) is 0 Å². The van der Waals surface area contributed by atoms with Crippen molar-refractivity contribution in [1.82, 2.24) is 19.4 Å². The molecule has 2 aliphatic heterocycles. The Bertz CT molecular complexity index is 1500. The van der Waals surface area contributed by atoms with Crippen molar-refractivity contribution in [2.45, 2.75) is 26.9 Å². The second-order valence-corrected chi connectivity index (χ2v) is 9.71. The minimum Gasteiger partial charge on any atom is -0.485 e. The number of aromatic nitrogens is 3. The van der Waals surface area contributed by atoms with Gasteiger partial charge in [0.25, 0.3) is 0 Å². The number of ether oxygens (including phenoxy) is 2. The van der Waals surface area contributed by atoms with Gasteiger partial charge in [-0.05, 0) is 50.1 Å². The Balaban J connectivity index is 1.13. The zero-order chi connectivity index (χ0) is 26.2. The minimum atomic E-state index is -0.429. The van der Waals surface area contributed by atoms with Crippen molar-refractivity contribution in [3.05, 3.63) is 77.3 Å². The fourth-order valence-electron chi connectivity index (χ4n) is 5.39. The molecule has 0 N–H and O–H groups in total. The van der Waals surface area contributed by atoms with Gasteiger partial charge in [-0.1, -0.05) is 12.1 Å². The zero-order valence-electron chi connectivity index (χ0n) is 21.6. The molecule has 0 radical (unpaired) electrons. The van der Waals surface area contributed by atoms with Crippen LogP contribution in [0.3, 0.4) is 0 Å². The normalized spacial score (nSPS) is 15.2. The van der Waals surface area contributed by atoms with Crippen LogP contribution in [0.5, 0.6) is 5.75 Å². The topological polar surface area (TPSA) is 72.7 Å². The number of hydrogen-bond donors (Lipinski definition) is 0. The van der Waals surface area contributed by atoms with E-state index >= 15 is 0 Å². The first kappa shape index (κ1) is 24.4. The van der Waals surface area contributed by atoms with Crippen LogP contribution in [-0.4, -0.2) is 64.7 Å². The number of para-hydroxylation sites is 1. The fraction of sp³-hybridized carbons (Fsp3) is 0.345. The first-order chi connectivity index (χ1) is 18.5. The molecule has 2 aromatic heterocycles. The first-order valence-electron chi connectivity index (χ1n) is 13.0. The molecule has 0 amide bonds. The second kappa shape index (κ2) is 10.1. The lowest BCUT2D eigenvalue weighted by Gasteiger charge is -2.36. The van der Waals surface area contributed by atoms with Gasteiger partial charge in [0.2, 0.25) is 0 Å². The van der Waals surface area contributed by atoms with E-state index in [1.54, 1.807) is 19.3 Å². The molecule has 1 saturated heterocycles. The van der Waals surface area contributed by atoms with E-state index in [9.17, 15) is 9.18 Å². The molecule has 0 saturated carbocycles. The summed E-state index contributed by atoms with van der Waals surface area (Å²) >= 11 is 0. The minimum absolute atomic E-state index is 0.252. The molecule has 0 atom stereocenters. The van der Waals surface area contributed by atoms with Crippen LogP contribution < -0.4 is 9.64 Å². The van der Waals surface area contributed by atoms with Crippen molar-refractivity contribution in [2.24, 2.45) is 0 Å². The number of carbonyl (C=O) groups is 1. The Morgan fingerprint density at radius 1 is 1.11 bits per heavy atom. The lowest BCUT2D eigenvalue weighted by atomic mass is 10.1. The molecular weight excluding hydrogens is 485 g/mol. The summed E-state index contributed by atoms with van der Waals surface area (Å²) in [6.45, 7) is 8.60. The maximum absolute atomic E-state index is 14.4. The summed E-state index contributed by atoms with van der Waals surface area (Å²) in [7, 11) is 0. The Kier molecular flexibility index (Phi) is 6.45. The third-order valence-corrected chi connectivity index (χ3v) is 7.32. The molecule has 196 valence electrons. The summed E-state index contributed by atoms with van der Waals surface area (Å²) < 4.78 is 27.6. The van der Waals surface area contributed by atoms with Crippen LogP contribution in [0, 0.1) is 12.7 Å². The highest BCUT2D eigenvalue weighted by Gasteiger charge is 2.27. The van der Waals surface area contributed by atoms with Crippen molar-refractivity contribution in [2.75, 3.05) is 44.2 Å². The van der Waals surface area contributed by atoms with Gasteiger partial charge in [0.1, 0.15) is 24.5 Å². The molecule has 0 spiro atoms. The standard InChI is InChI=1S/C29H30FN5O3/c1-3-37-29(36)27-26-17-38-28-20(5-4-6-24(28)35(26)18-31-27)9-10-33-11-13-34(14-12-33)25-16-21(30)15-23-22(25)8-7-19(2)32-23/h4-8,15-16,18H,3,9-14,17H2,1-2H3. The number of rotatable bonds is 6. The predicted octanol–water partition coefficient (Wildman–Crippen LogP) is 4.30. The molecule has 2 aliphatic rings. The molecule has 0 aliphatic carbocycles. The van der Waals surface area contributed by atoms with Gasteiger partial charge >= 0.3 is 5.97 Å². The van der Waals surface area contributed by atoms with Gasteiger partial charge in [0.05, 0.1) is 23.5 Å². The van der Waals surface area contributed by atoms with Gasteiger partial charge in [-0.25, -0.2) is 14.2 Å². The number of carbonyl (C=O) groups excluding carboxylic acids is 1. The number of fused-ring (bicyclic) bond motifs is 4.